The van der Waals surface area contributed by atoms with Crippen molar-refractivity contribution in [1.82, 2.24) is 5.01 Å². The molecular formula is C30H36FN3O. The Morgan fingerprint density at radius 1 is 1.11 bits per heavy atom. The van der Waals surface area contributed by atoms with Crippen LogP contribution in [0.2, 0.25) is 0 Å². The Kier molecular flexibility index (Phi) is 11.6. The molecule has 0 aliphatic carbocycles. The van der Waals surface area contributed by atoms with Gasteiger partial charge in [0.15, 0.2) is 0 Å². The van der Waals surface area contributed by atoms with Crippen molar-refractivity contribution < 1.29 is 9.13 Å². The first-order chi connectivity index (χ1) is 16.9. The number of hydrogen-bond acceptors (Lipinski definition) is 4. The van der Waals surface area contributed by atoms with E-state index in [0.717, 1.165) is 28.1 Å². The number of ether oxygens (including phenoxy) is 1. The minimum Gasteiger partial charge on any atom is -0.383 e. The van der Waals surface area contributed by atoms with Gasteiger partial charge in [-0.25, -0.2) is 4.39 Å². The summed E-state index contributed by atoms with van der Waals surface area (Å²) in [6, 6.07) is 14.9. The van der Waals surface area contributed by atoms with Gasteiger partial charge in [-0.3, -0.25) is 10.0 Å². The quantitative estimate of drug-likeness (QED) is 0.270. The molecule has 2 aromatic carbocycles. The van der Waals surface area contributed by atoms with Gasteiger partial charge >= 0.3 is 0 Å². The number of allylic oxidation sites excluding steroid dienone is 3. The Morgan fingerprint density at radius 2 is 1.77 bits per heavy atom. The van der Waals surface area contributed by atoms with Crippen molar-refractivity contribution in [2.75, 3.05) is 20.3 Å². The molecule has 0 aromatic heterocycles. The van der Waals surface area contributed by atoms with Crippen molar-refractivity contribution in [3.63, 3.8) is 0 Å². The van der Waals surface area contributed by atoms with Crippen molar-refractivity contribution in [2.45, 2.75) is 33.1 Å². The zero-order valence-corrected chi connectivity index (χ0v) is 21.1. The predicted molar refractivity (Wildman–Crippen MR) is 147 cm³/mol. The van der Waals surface area contributed by atoms with Crippen LogP contribution in [-0.2, 0) is 11.2 Å². The maximum Gasteiger partial charge on any atom is 0.123 e. The summed E-state index contributed by atoms with van der Waals surface area (Å²) >= 11 is 0. The molecule has 0 saturated carbocycles. The number of unbranched alkanes of at least 4 members (excludes halogenated alkanes) is 1. The molecule has 1 aliphatic heterocycles. The molecule has 0 fully saturated rings. The zero-order valence-electron chi connectivity index (χ0n) is 21.1. The fraction of sp³-hybridized carbons (Fsp3) is 0.267. The third kappa shape index (κ3) is 9.30. The molecule has 1 heterocycles. The van der Waals surface area contributed by atoms with Gasteiger partial charge in [0.25, 0.3) is 0 Å². The Balaban J connectivity index is 0.000000269. The summed E-state index contributed by atoms with van der Waals surface area (Å²) in [5, 5.41) is 5.98. The van der Waals surface area contributed by atoms with E-state index in [1.54, 1.807) is 36.5 Å². The van der Waals surface area contributed by atoms with Gasteiger partial charge in [0, 0.05) is 24.6 Å². The molecule has 0 spiro atoms. The van der Waals surface area contributed by atoms with Crippen LogP contribution in [0.25, 0.3) is 5.57 Å². The summed E-state index contributed by atoms with van der Waals surface area (Å²) in [5.74, 6) is -0.259. The standard InChI is InChI=1S/C16H18FN3O.C14H18/c1-12-10-18-20(8-9-21-3)11-16(12)19-13(2)14-4-6-15(17)7-5-14;1-4-6-7-13-8-10-14(11-9-13)12(3)5-2/h4-7,10-11H,1,8-9H2,2-3H3;5,8-11H,2-4,6-7H2,1H3. The second kappa shape index (κ2) is 14.6. The van der Waals surface area contributed by atoms with Gasteiger partial charge in [0.1, 0.15) is 5.82 Å². The summed E-state index contributed by atoms with van der Waals surface area (Å²) in [6.45, 7) is 16.9. The van der Waals surface area contributed by atoms with Crippen molar-refractivity contribution in [3.8, 4) is 0 Å². The summed E-state index contributed by atoms with van der Waals surface area (Å²) < 4.78 is 18.0. The Labute approximate surface area is 209 Å². The highest BCUT2D eigenvalue weighted by Gasteiger charge is 2.10. The summed E-state index contributed by atoms with van der Waals surface area (Å²) in [4.78, 5) is 4.56. The fourth-order valence-electron chi connectivity index (χ4n) is 3.20. The minimum absolute atomic E-state index is 0.259. The summed E-state index contributed by atoms with van der Waals surface area (Å²) in [7, 11) is 1.65. The lowest BCUT2D eigenvalue weighted by Gasteiger charge is -2.19. The second-order valence-electron chi connectivity index (χ2n) is 8.17. The number of aryl methyl sites for hydroxylation is 1. The highest BCUT2D eigenvalue weighted by atomic mass is 19.1. The van der Waals surface area contributed by atoms with E-state index < -0.39 is 0 Å². The molecule has 4 nitrogen and oxygen atoms in total. The van der Waals surface area contributed by atoms with Crippen LogP contribution in [0.15, 0.2) is 102 Å². The van der Waals surface area contributed by atoms with Crippen LogP contribution in [0.5, 0.6) is 0 Å². The number of hydrogen-bond donors (Lipinski definition) is 0. The first kappa shape index (κ1) is 27.7. The van der Waals surface area contributed by atoms with E-state index in [1.807, 2.05) is 13.1 Å². The van der Waals surface area contributed by atoms with Crippen LogP contribution < -0.4 is 0 Å². The number of rotatable bonds is 10. The van der Waals surface area contributed by atoms with Gasteiger partial charge in [-0.2, -0.15) is 5.10 Å². The Bertz CT molecular complexity index is 1080. The molecule has 0 bridgehead atoms. The van der Waals surface area contributed by atoms with E-state index in [0.29, 0.717) is 13.2 Å². The molecule has 1 aliphatic rings. The van der Waals surface area contributed by atoms with E-state index in [-0.39, 0.29) is 5.82 Å². The Hall–Kier alpha value is -3.57. The van der Waals surface area contributed by atoms with Gasteiger partial charge in [-0.05, 0) is 54.2 Å². The molecule has 0 N–H and O–H groups in total. The van der Waals surface area contributed by atoms with Crippen LogP contribution in [0, 0.1) is 5.82 Å². The van der Waals surface area contributed by atoms with E-state index in [9.17, 15) is 4.39 Å². The highest BCUT2D eigenvalue weighted by molar-refractivity contribution is 6.00. The van der Waals surface area contributed by atoms with Crippen molar-refractivity contribution in [3.05, 3.63) is 114 Å². The molecule has 0 atom stereocenters. The van der Waals surface area contributed by atoms with Gasteiger partial charge in [-0.1, -0.05) is 75.6 Å². The van der Waals surface area contributed by atoms with Crippen LogP contribution in [-0.4, -0.2) is 37.2 Å². The van der Waals surface area contributed by atoms with Gasteiger partial charge in [0.2, 0.25) is 0 Å². The zero-order chi connectivity index (χ0) is 25.6. The second-order valence-corrected chi connectivity index (χ2v) is 8.17. The van der Waals surface area contributed by atoms with Crippen molar-refractivity contribution in [2.24, 2.45) is 10.1 Å². The van der Waals surface area contributed by atoms with Gasteiger partial charge < -0.3 is 4.74 Å². The van der Waals surface area contributed by atoms with Gasteiger partial charge in [0.05, 0.1) is 25.1 Å². The van der Waals surface area contributed by atoms with E-state index in [4.69, 9.17) is 4.74 Å². The van der Waals surface area contributed by atoms with E-state index >= 15 is 0 Å². The molecule has 0 saturated heterocycles. The largest absolute Gasteiger partial charge is 0.383 e. The van der Waals surface area contributed by atoms with Crippen LogP contribution in [0.1, 0.15) is 43.4 Å². The number of hydrazone groups is 1. The number of aliphatic imine (C=N–C) groups is 1. The van der Waals surface area contributed by atoms with E-state index in [1.165, 1.54) is 42.5 Å². The molecular weight excluding hydrogens is 437 g/mol. The highest BCUT2D eigenvalue weighted by Crippen LogP contribution is 2.17. The SMILES string of the molecule is C=C1C=NN(CCOC)C=C1N=C(C)c1ccc(F)cc1.C=CC(=C)c1ccc(CCCC)cc1. The first-order valence-corrected chi connectivity index (χ1v) is 11.8. The number of halogens is 1. The first-order valence-electron chi connectivity index (χ1n) is 11.8. The molecule has 35 heavy (non-hydrogen) atoms. The summed E-state index contributed by atoms with van der Waals surface area (Å²) in [5.41, 5.74) is 6.72. The fourth-order valence-corrected chi connectivity index (χ4v) is 3.20. The molecule has 0 unspecified atom stereocenters. The van der Waals surface area contributed by atoms with Crippen LogP contribution in [0.4, 0.5) is 4.39 Å². The molecule has 3 rings (SSSR count). The van der Waals surface area contributed by atoms with Crippen LogP contribution >= 0.6 is 0 Å². The number of nitrogens with zero attached hydrogens (tertiary/aromatic N) is 3. The third-order valence-electron chi connectivity index (χ3n) is 5.43. The lowest BCUT2D eigenvalue weighted by Crippen LogP contribution is -2.20. The normalized spacial score (nSPS) is 13.1. The smallest absolute Gasteiger partial charge is 0.123 e. The monoisotopic (exact) mass is 473 g/mol. The topological polar surface area (TPSA) is 37.2 Å². The maximum absolute atomic E-state index is 12.9. The number of methoxy groups -OCH3 is 1. The van der Waals surface area contributed by atoms with Gasteiger partial charge in [-0.15, -0.1) is 0 Å². The minimum atomic E-state index is -0.259. The average molecular weight is 474 g/mol. The van der Waals surface area contributed by atoms with Crippen molar-refractivity contribution in [1.29, 1.82) is 0 Å². The average Bonchev–Trinajstić information content (AvgIpc) is 2.88. The predicted octanol–water partition coefficient (Wildman–Crippen LogP) is 7.21. The number of benzene rings is 2. The molecule has 5 heteroatoms. The molecule has 2 aromatic rings. The third-order valence-corrected chi connectivity index (χ3v) is 5.43. The van der Waals surface area contributed by atoms with Crippen molar-refractivity contribution >= 4 is 17.5 Å². The Morgan fingerprint density at radius 3 is 2.37 bits per heavy atom. The maximum atomic E-state index is 12.9. The lowest BCUT2D eigenvalue weighted by atomic mass is 10.0. The molecule has 184 valence electrons. The molecule has 0 radical (unpaired) electrons. The lowest BCUT2D eigenvalue weighted by molar-refractivity contribution is 0.170. The molecule has 0 amide bonds. The van der Waals surface area contributed by atoms with E-state index in [2.05, 4.69) is 61.0 Å². The van der Waals surface area contributed by atoms with Crippen LogP contribution in [0.3, 0.4) is 0 Å². The summed E-state index contributed by atoms with van der Waals surface area (Å²) in [6.07, 6.45) is 8.99.